The van der Waals surface area contributed by atoms with Crippen molar-refractivity contribution in [2.75, 3.05) is 26.8 Å². The molecule has 0 saturated carbocycles. The third-order valence-corrected chi connectivity index (χ3v) is 3.92. The molecular weight excluding hydrogens is 282 g/mol. The maximum Gasteiger partial charge on any atom is 0.173 e. The summed E-state index contributed by atoms with van der Waals surface area (Å²) >= 11 is 0. The van der Waals surface area contributed by atoms with Crippen molar-refractivity contribution in [3.63, 3.8) is 0 Å². The summed E-state index contributed by atoms with van der Waals surface area (Å²) in [5.74, 6) is 0.715. The Labute approximate surface area is 130 Å². The van der Waals surface area contributed by atoms with Gasteiger partial charge in [0.05, 0.1) is 24.9 Å². The maximum atomic E-state index is 9.45. The molecule has 0 bridgehead atoms. The van der Waals surface area contributed by atoms with Crippen molar-refractivity contribution < 1.29 is 10.2 Å². The molecule has 7 heteroatoms. The second-order valence-corrected chi connectivity index (χ2v) is 6.00. The highest BCUT2D eigenvalue weighted by Gasteiger charge is 2.28. The lowest BCUT2D eigenvalue weighted by molar-refractivity contribution is 0.0314. The standard InChI is InChI=1S/C15H23N5O2/c1-12(19(3)9-15(2,10-21)11-22)14-16-17-18-20(14)13-7-5-4-6-8-13/h4-8,12,21-22H,9-11H2,1-3H3. The Kier molecular flexibility index (Phi) is 5.23. The summed E-state index contributed by atoms with van der Waals surface area (Å²) in [4.78, 5) is 2.03. The van der Waals surface area contributed by atoms with Gasteiger partial charge in [0, 0.05) is 12.0 Å². The smallest absolute Gasteiger partial charge is 0.173 e. The molecule has 0 fully saturated rings. The van der Waals surface area contributed by atoms with Gasteiger partial charge in [-0.2, -0.15) is 4.68 Å². The van der Waals surface area contributed by atoms with Crippen LogP contribution in [0.3, 0.4) is 0 Å². The molecule has 0 aliphatic heterocycles. The number of hydrogen-bond donors (Lipinski definition) is 2. The van der Waals surface area contributed by atoms with Crippen LogP contribution in [-0.4, -0.2) is 62.1 Å². The summed E-state index contributed by atoms with van der Waals surface area (Å²) in [5.41, 5.74) is 0.337. The number of aliphatic hydroxyl groups excluding tert-OH is 2. The molecule has 1 aromatic heterocycles. The van der Waals surface area contributed by atoms with E-state index in [0.717, 1.165) is 5.69 Å². The predicted octanol–water partition coefficient (Wildman–Crippen LogP) is 0.646. The molecule has 1 heterocycles. The van der Waals surface area contributed by atoms with E-state index in [1.54, 1.807) is 4.68 Å². The molecule has 1 aromatic carbocycles. The van der Waals surface area contributed by atoms with Gasteiger partial charge in [0.2, 0.25) is 0 Å². The minimum atomic E-state index is -0.561. The zero-order valence-electron chi connectivity index (χ0n) is 13.2. The Morgan fingerprint density at radius 1 is 1.23 bits per heavy atom. The van der Waals surface area contributed by atoms with Crippen LogP contribution in [0.4, 0.5) is 0 Å². The van der Waals surface area contributed by atoms with Crippen LogP contribution < -0.4 is 0 Å². The molecule has 120 valence electrons. The number of para-hydroxylation sites is 1. The van der Waals surface area contributed by atoms with E-state index in [-0.39, 0.29) is 19.3 Å². The maximum absolute atomic E-state index is 9.45. The van der Waals surface area contributed by atoms with Crippen LogP contribution in [0.1, 0.15) is 25.7 Å². The zero-order valence-corrected chi connectivity index (χ0v) is 13.2. The number of aromatic nitrogens is 4. The number of nitrogens with zero attached hydrogens (tertiary/aromatic N) is 5. The summed E-state index contributed by atoms with van der Waals surface area (Å²) in [5, 5.41) is 30.9. The molecule has 7 nitrogen and oxygen atoms in total. The summed E-state index contributed by atoms with van der Waals surface area (Å²) in [6, 6.07) is 9.63. The molecule has 0 amide bonds. The van der Waals surface area contributed by atoms with Crippen LogP contribution in [0.25, 0.3) is 5.69 Å². The highest BCUT2D eigenvalue weighted by molar-refractivity contribution is 5.30. The van der Waals surface area contributed by atoms with Gasteiger partial charge in [-0.1, -0.05) is 25.1 Å². The van der Waals surface area contributed by atoms with Crippen LogP contribution in [0.2, 0.25) is 0 Å². The highest BCUT2D eigenvalue weighted by atomic mass is 16.3. The van der Waals surface area contributed by atoms with Gasteiger partial charge < -0.3 is 10.2 Å². The van der Waals surface area contributed by atoms with Gasteiger partial charge in [-0.25, -0.2) is 0 Å². The van der Waals surface area contributed by atoms with Gasteiger partial charge in [0.25, 0.3) is 0 Å². The second-order valence-electron chi connectivity index (χ2n) is 6.00. The Balaban J connectivity index is 2.20. The molecule has 0 radical (unpaired) electrons. The molecule has 1 atom stereocenters. The molecular formula is C15H23N5O2. The lowest BCUT2D eigenvalue weighted by Crippen LogP contribution is -2.40. The van der Waals surface area contributed by atoms with Crippen molar-refractivity contribution in [3.05, 3.63) is 36.2 Å². The van der Waals surface area contributed by atoms with E-state index in [0.29, 0.717) is 12.4 Å². The van der Waals surface area contributed by atoms with Gasteiger partial charge in [0.1, 0.15) is 0 Å². The van der Waals surface area contributed by atoms with Gasteiger partial charge in [-0.3, -0.25) is 4.90 Å². The van der Waals surface area contributed by atoms with Crippen LogP contribution >= 0.6 is 0 Å². The molecule has 2 N–H and O–H groups in total. The molecule has 1 unspecified atom stereocenters. The topological polar surface area (TPSA) is 87.3 Å². The van der Waals surface area contributed by atoms with Crippen molar-refractivity contribution in [2.24, 2.45) is 5.41 Å². The Hall–Kier alpha value is -1.83. The molecule has 0 aliphatic carbocycles. The van der Waals surface area contributed by atoms with E-state index in [9.17, 15) is 10.2 Å². The van der Waals surface area contributed by atoms with Crippen LogP contribution in [0.15, 0.2) is 30.3 Å². The second kappa shape index (κ2) is 6.95. The average Bonchev–Trinajstić information content (AvgIpc) is 3.04. The van der Waals surface area contributed by atoms with E-state index >= 15 is 0 Å². The van der Waals surface area contributed by atoms with Gasteiger partial charge in [-0.15, -0.1) is 5.10 Å². The normalized spacial score (nSPS) is 13.5. The lowest BCUT2D eigenvalue weighted by Gasteiger charge is -2.33. The number of rotatable bonds is 7. The minimum absolute atomic E-state index is 0.0624. The van der Waals surface area contributed by atoms with Crippen LogP contribution in [0.5, 0.6) is 0 Å². The third kappa shape index (κ3) is 3.49. The Morgan fingerprint density at radius 2 is 1.86 bits per heavy atom. The fraction of sp³-hybridized carbons (Fsp3) is 0.533. The van der Waals surface area contributed by atoms with Gasteiger partial charge in [-0.05, 0) is 36.5 Å². The molecule has 0 spiro atoms. The molecule has 2 rings (SSSR count). The summed E-state index contributed by atoms with van der Waals surface area (Å²) < 4.78 is 1.70. The van der Waals surface area contributed by atoms with Crippen molar-refractivity contribution >= 4 is 0 Å². The fourth-order valence-corrected chi connectivity index (χ4v) is 2.29. The van der Waals surface area contributed by atoms with E-state index in [4.69, 9.17) is 0 Å². The minimum Gasteiger partial charge on any atom is -0.396 e. The number of benzene rings is 1. The van der Waals surface area contributed by atoms with E-state index in [1.807, 2.05) is 56.1 Å². The monoisotopic (exact) mass is 305 g/mol. The largest absolute Gasteiger partial charge is 0.396 e. The first-order chi connectivity index (χ1) is 10.5. The first kappa shape index (κ1) is 16.5. The van der Waals surface area contributed by atoms with Crippen LogP contribution in [0, 0.1) is 5.41 Å². The SMILES string of the molecule is CC(c1nnnn1-c1ccccc1)N(C)CC(C)(CO)CO. The summed E-state index contributed by atoms with van der Waals surface area (Å²) in [6.45, 7) is 4.22. The van der Waals surface area contributed by atoms with E-state index in [2.05, 4.69) is 15.5 Å². The Bertz CT molecular complexity index is 583. The number of hydrogen-bond acceptors (Lipinski definition) is 6. The van der Waals surface area contributed by atoms with Crippen LogP contribution in [-0.2, 0) is 0 Å². The van der Waals surface area contributed by atoms with Crippen molar-refractivity contribution in [1.29, 1.82) is 0 Å². The number of tetrazole rings is 1. The van der Waals surface area contributed by atoms with Crippen molar-refractivity contribution in [2.45, 2.75) is 19.9 Å². The quantitative estimate of drug-likeness (QED) is 0.781. The first-order valence-corrected chi connectivity index (χ1v) is 7.26. The Morgan fingerprint density at radius 3 is 2.45 bits per heavy atom. The molecule has 0 aliphatic rings. The van der Waals surface area contributed by atoms with Crippen molar-refractivity contribution in [3.8, 4) is 5.69 Å². The van der Waals surface area contributed by atoms with Crippen molar-refractivity contribution in [1.82, 2.24) is 25.1 Å². The highest BCUT2D eigenvalue weighted by Crippen LogP contribution is 2.23. The summed E-state index contributed by atoms with van der Waals surface area (Å²) in [7, 11) is 1.93. The summed E-state index contributed by atoms with van der Waals surface area (Å²) in [6.07, 6.45) is 0. The zero-order chi connectivity index (χ0) is 16.2. The molecule has 22 heavy (non-hydrogen) atoms. The lowest BCUT2D eigenvalue weighted by atomic mass is 9.92. The average molecular weight is 305 g/mol. The van der Waals surface area contributed by atoms with Gasteiger partial charge >= 0.3 is 0 Å². The molecule has 0 saturated heterocycles. The van der Waals surface area contributed by atoms with E-state index < -0.39 is 5.41 Å². The molecule has 2 aromatic rings. The number of aliphatic hydroxyl groups is 2. The predicted molar refractivity (Wildman–Crippen MR) is 82.5 cm³/mol. The first-order valence-electron chi connectivity index (χ1n) is 7.26. The van der Waals surface area contributed by atoms with Gasteiger partial charge in [0.15, 0.2) is 5.82 Å². The third-order valence-electron chi connectivity index (χ3n) is 3.92. The fourth-order valence-electron chi connectivity index (χ4n) is 2.29. The van der Waals surface area contributed by atoms with E-state index in [1.165, 1.54) is 0 Å².